The molecule has 0 amide bonds. The quantitative estimate of drug-likeness (QED) is 0.186. The molecule has 0 saturated heterocycles. The van der Waals surface area contributed by atoms with Crippen molar-refractivity contribution in [1.82, 2.24) is 0 Å². The van der Waals surface area contributed by atoms with E-state index in [1.807, 2.05) is 0 Å². The lowest BCUT2D eigenvalue weighted by atomic mass is 10.1. The Kier molecular flexibility index (Phi) is 9.35. The molecule has 0 aliphatic carbocycles. The van der Waals surface area contributed by atoms with E-state index >= 15 is 0 Å². The molecule has 0 aromatic rings. The molecule has 0 N–H and O–H groups in total. The summed E-state index contributed by atoms with van der Waals surface area (Å²) in [5.41, 5.74) is 0. The Bertz CT molecular complexity index is 301. The van der Waals surface area contributed by atoms with Crippen molar-refractivity contribution in [3.63, 3.8) is 0 Å². The molecule has 0 spiro atoms. The molecule has 0 radical (unpaired) electrons. The van der Waals surface area contributed by atoms with Crippen LogP contribution < -0.4 is 0 Å². The number of nitrogens with zero attached hydrogens (tertiary/aromatic N) is 3. The van der Waals surface area contributed by atoms with Crippen LogP contribution in [0.3, 0.4) is 0 Å². The topological polar surface area (TPSA) is 115 Å². The molecule has 0 aliphatic heterocycles. The Labute approximate surface area is 97.4 Å². The van der Waals surface area contributed by atoms with E-state index in [4.69, 9.17) is 0 Å². The highest BCUT2D eigenvalue weighted by atomic mass is 16.5. The van der Waals surface area contributed by atoms with Crippen LogP contribution in [0, 0.1) is 9.81 Å². The fourth-order valence-corrected chi connectivity index (χ4v) is 1.09. The van der Waals surface area contributed by atoms with Crippen LogP contribution in [0.4, 0.5) is 0 Å². The van der Waals surface area contributed by atoms with Gasteiger partial charge in [-0.1, -0.05) is 10.4 Å². The van der Waals surface area contributed by atoms with Crippen LogP contribution in [0.2, 0.25) is 0 Å². The zero-order chi connectivity index (χ0) is 12.9. The summed E-state index contributed by atoms with van der Waals surface area (Å²) in [7, 11) is 0. The average molecular weight is 243 g/mol. The Balaban J connectivity index is 4.02. The summed E-state index contributed by atoms with van der Waals surface area (Å²) < 4.78 is 4.66. The van der Waals surface area contributed by atoms with Crippen molar-refractivity contribution >= 4 is 12.0 Å². The summed E-state index contributed by atoms with van der Waals surface area (Å²) in [4.78, 5) is 44.3. The fraction of sp³-hybridized carbons (Fsp3) is 0.778. The largest absolute Gasteiger partial charge is 0.462 e. The maximum Gasteiger partial charge on any atom is 0.331 e. The Morgan fingerprint density at radius 1 is 1.18 bits per heavy atom. The van der Waals surface area contributed by atoms with Crippen molar-refractivity contribution in [3.8, 4) is 0 Å². The first kappa shape index (κ1) is 15.0. The highest BCUT2D eigenvalue weighted by molar-refractivity contribution is 5.76. The van der Waals surface area contributed by atoms with Crippen LogP contribution in [0.5, 0.6) is 0 Å². The van der Waals surface area contributed by atoms with E-state index in [0.717, 1.165) is 0 Å². The van der Waals surface area contributed by atoms with Gasteiger partial charge in [-0.3, -0.25) is 0 Å². The maximum atomic E-state index is 11.3. The zero-order valence-corrected chi connectivity index (χ0v) is 9.20. The van der Waals surface area contributed by atoms with Gasteiger partial charge in [0.2, 0.25) is 6.08 Å². The normalized spacial score (nSPS) is 11.1. The zero-order valence-electron chi connectivity index (χ0n) is 9.20. The van der Waals surface area contributed by atoms with Crippen molar-refractivity contribution in [2.75, 3.05) is 19.7 Å². The molecule has 0 rings (SSSR count). The number of carbonyl (C=O) groups excluding carboxylic acids is 2. The summed E-state index contributed by atoms with van der Waals surface area (Å²) in [5, 5.41) is 5.18. The summed E-state index contributed by atoms with van der Waals surface area (Å²) in [5.74, 6) is -0.698. The molecular formula is C9H13N3O5. The second-order valence-electron chi connectivity index (χ2n) is 3.10. The Morgan fingerprint density at radius 2 is 1.88 bits per heavy atom. The standard InChI is InChI=1S/C9H13N3O5/c13-7-10-8(3-1-2-4-11-15)9(14)17-6-5-12-16/h8H,1-6H2. The van der Waals surface area contributed by atoms with Crippen LogP contribution in [0.25, 0.3) is 0 Å². The van der Waals surface area contributed by atoms with E-state index in [1.165, 1.54) is 6.08 Å². The molecule has 0 aliphatic rings. The fourth-order valence-electron chi connectivity index (χ4n) is 1.09. The van der Waals surface area contributed by atoms with Crippen molar-refractivity contribution in [1.29, 1.82) is 0 Å². The third kappa shape index (κ3) is 7.92. The number of hydrogen-bond donors (Lipinski definition) is 0. The number of esters is 1. The predicted molar refractivity (Wildman–Crippen MR) is 58.0 cm³/mol. The first-order valence-electron chi connectivity index (χ1n) is 5.08. The van der Waals surface area contributed by atoms with Crippen molar-refractivity contribution in [2.24, 2.45) is 15.3 Å². The number of rotatable bonds is 10. The van der Waals surface area contributed by atoms with Crippen molar-refractivity contribution in [2.45, 2.75) is 25.3 Å². The molecule has 0 aromatic heterocycles. The smallest absolute Gasteiger partial charge is 0.331 e. The van der Waals surface area contributed by atoms with Gasteiger partial charge in [0.15, 0.2) is 6.04 Å². The van der Waals surface area contributed by atoms with E-state index in [9.17, 15) is 19.4 Å². The molecule has 94 valence electrons. The maximum absolute atomic E-state index is 11.3. The molecule has 0 fully saturated rings. The van der Waals surface area contributed by atoms with Crippen LogP contribution in [0.15, 0.2) is 15.3 Å². The lowest BCUT2D eigenvalue weighted by Gasteiger charge is -2.08. The first-order valence-corrected chi connectivity index (χ1v) is 5.08. The Morgan fingerprint density at radius 3 is 2.47 bits per heavy atom. The highest BCUT2D eigenvalue weighted by Gasteiger charge is 2.18. The highest BCUT2D eigenvalue weighted by Crippen LogP contribution is 2.06. The number of carbonyl (C=O) groups is 1. The predicted octanol–water partition coefficient (Wildman–Crippen LogP) is 0.937. The number of unbranched alkanes of at least 4 members (excludes halogenated alkanes) is 1. The Hall–Kier alpha value is -1.95. The van der Waals surface area contributed by atoms with Crippen LogP contribution in [-0.4, -0.2) is 37.8 Å². The molecule has 8 nitrogen and oxygen atoms in total. The van der Waals surface area contributed by atoms with Gasteiger partial charge in [0.25, 0.3) is 0 Å². The van der Waals surface area contributed by atoms with Crippen molar-refractivity contribution in [3.05, 3.63) is 9.81 Å². The van der Waals surface area contributed by atoms with Gasteiger partial charge in [0, 0.05) is 0 Å². The monoisotopic (exact) mass is 243 g/mol. The lowest BCUT2D eigenvalue weighted by molar-refractivity contribution is -0.145. The van der Waals surface area contributed by atoms with Gasteiger partial charge in [0.05, 0.1) is 6.54 Å². The number of nitroso groups, excluding NO2 is 2. The molecule has 8 heteroatoms. The number of aliphatic imine (C=N–C) groups is 1. The molecule has 17 heavy (non-hydrogen) atoms. The summed E-state index contributed by atoms with van der Waals surface area (Å²) in [6.07, 6.45) is 2.59. The van der Waals surface area contributed by atoms with E-state index in [0.29, 0.717) is 12.8 Å². The minimum Gasteiger partial charge on any atom is -0.462 e. The summed E-state index contributed by atoms with van der Waals surface area (Å²) in [6, 6.07) is -0.939. The molecule has 1 atom stereocenters. The molecule has 0 bridgehead atoms. The number of hydrogen-bond acceptors (Lipinski definition) is 8. The van der Waals surface area contributed by atoms with E-state index < -0.39 is 12.0 Å². The van der Waals surface area contributed by atoms with Crippen LogP contribution >= 0.6 is 0 Å². The number of ether oxygens (including phenoxy) is 1. The molecule has 1 unspecified atom stereocenters. The molecule has 0 heterocycles. The van der Waals surface area contributed by atoms with Gasteiger partial charge >= 0.3 is 5.97 Å². The van der Waals surface area contributed by atoms with Crippen molar-refractivity contribution < 1.29 is 14.3 Å². The second kappa shape index (κ2) is 10.6. The average Bonchev–Trinajstić information content (AvgIpc) is 2.33. The summed E-state index contributed by atoms with van der Waals surface area (Å²) >= 11 is 0. The van der Waals surface area contributed by atoms with Gasteiger partial charge in [-0.2, -0.15) is 14.8 Å². The van der Waals surface area contributed by atoms with Gasteiger partial charge in [-0.05, 0) is 19.3 Å². The summed E-state index contributed by atoms with van der Waals surface area (Å²) in [6.45, 7) is -0.122. The van der Waals surface area contributed by atoms with E-state index in [1.54, 1.807) is 0 Å². The van der Waals surface area contributed by atoms with Gasteiger partial charge in [-0.25, -0.2) is 9.59 Å². The third-order valence-corrected chi connectivity index (χ3v) is 1.88. The van der Waals surface area contributed by atoms with Gasteiger partial charge in [0.1, 0.15) is 13.2 Å². The SMILES string of the molecule is O=C=NC(CCCCN=O)C(=O)OCCN=O. The molecule has 0 saturated carbocycles. The van der Waals surface area contributed by atoms with Gasteiger partial charge in [-0.15, -0.1) is 0 Å². The number of isocyanates is 1. The lowest BCUT2D eigenvalue weighted by Crippen LogP contribution is -2.22. The first-order chi connectivity index (χ1) is 8.26. The van der Waals surface area contributed by atoms with Crippen LogP contribution in [-0.2, 0) is 14.3 Å². The second-order valence-corrected chi connectivity index (χ2v) is 3.10. The minimum absolute atomic E-state index is 0.136. The third-order valence-electron chi connectivity index (χ3n) is 1.88. The molecule has 0 aromatic carbocycles. The van der Waals surface area contributed by atoms with Crippen LogP contribution in [0.1, 0.15) is 19.3 Å². The van der Waals surface area contributed by atoms with Gasteiger partial charge < -0.3 is 4.74 Å². The van der Waals surface area contributed by atoms with E-state index in [-0.39, 0.29) is 26.1 Å². The minimum atomic E-state index is -0.939. The molecular weight excluding hydrogens is 230 g/mol. The van der Waals surface area contributed by atoms with E-state index in [2.05, 4.69) is 20.1 Å².